The van der Waals surface area contributed by atoms with Gasteiger partial charge in [0.25, 0.3) is 5.91 Å². The minimum atomic E-state index is -0.799. The largest absolute Gasteiger partial charge is 0.496 e. The highest BCUT2D eigenvalue weighted by Crippen LogP contribution is 2.47. The van der Waals surface area contributed by atoms with E-state index in [2.05, 4.69) is 21.7 Å². The van der Waals surface area contributed by atoms with Crippen LogP contribution < -0.4 is 15.4 Å². The van der Waals surface area contributed by atoms with E-state index in [1.54, 1.807) is 30.2 Å². The third-order valence-electron chi connectivity index (χ3n) is 8.53. The van der Waals surface area contributed by atoms with Crippen LogP contribution in [0.15, 0.2) is 18.2 Å². The highest BCUT2D eigenvalue weighted by Gasteiger charge is 2.49. The molecule has 2 aromatic rings. The van der Waals surface area contributed by atoms with Gasteiger partial charge in [-0.05, 0) is 62.1 Å². The molecule has 1 spiro atoms. The van der Waals surface area contributed by atoms with Crippen molar-refractivity contribution < 1.29 is 19.1 Å². The van der Waals surface area contributed by atoms with Crippen LogP contribution in [0.5, 0.6) is 5.75 Å². The van der Waals surface area contributed by atoms with Crippen molar-refractivity contribution in [1.29, 1.82) is 5.26 Å². The van der Waals surface area contributed by atoms with Crippen LogP contribution in [0.3, 0.4) is 0 Å². The van der Waals surface area contributed by atoms with E-state index in [4.69, 9.17) is 16.3 Å². The van der Waals surface area contributed by atoms with Crippen molar-refractivity contribution in [3.05, 3.63) is 28.9 Å². The number of nitrogens with one attached hydrogen (secondary N) is 3. The third kappa shape index (κ3) is 5.06. The topological polar surface area (TPSA) is 127 Å². The van der Waals surface area contributed by atoms with E-state index in [0.29, 0.717) is 53.3 Å². The van der Waals surface area contributed by atoms with Crippen molar-refractivity contribution in [2.75, 3.05) is 20.2 Å². The van der Waals surface area contributed by atoms with Gasteiger partial charge in [0.05, 0.1) is 23.7 Å². The second-order valence-electron chi connectivity index (χ2n) is 11.0. The Kier molecular flexibility index (Phi) is 7.53. The first-order valence-corrected chi connectivity index (χ1v) is 13.9. The summed E-state index contributed by atoms with van der Waals surface area (Å²) < 4.78 is 5.45. The lowest BCUT2D eigenvalue weighted by atomic mass is 9.72. The van der Waals surface area contributed by atoms with Crippen LogP contribution >= 0.6 is 11.6 Å². The number of rotatable bonds is 6. The number of fused-ring (bicyclic) bond motifs is 1. The number of nitriles is 1. The fourth-order valence-electron chi connectivity index (χ4n) is 6.53. The first kappa shape index (κ1) is 26.4. The summed E-state index contributed by atoms with van der Waals surface area (Å²) in [6.45, 7) is 1.14. The van der Waals surface area contributed by atoms with Crippen molar-refractivity contribution in [2.45, 2.75) is 69.9 Å². The standard InChI is InChI=1S/C28H34ClN5O4/c1-38-23-8-7-20(29)24-19(23)13-21(33-24)27(37)34-16-28(9-3-2-4-10-28)14-22(34)26(36)32-18(15-30)12-17-6-5-11-31-25(17)35/h7-8,13,17-18,22,33H,2-6,9-12,14,16H2,1H3,(H,31,35)(H,32,36)/t17-,18-,22?/m0/s1. The number of H-pyrrole nitrogens is 1. The molecular weight excluding hydrogens is 506 g/mol. The van der Waals surface area contributed by atoms with Gasteiger partial charge in [-0.2, -0.15) is 5.26 Å². The maximum absolute atomic E-state index is 13.9. The predicted octanol–water partition coefficient (Wildman–Crippen LogP) is 3.92. The van der Waals surface area contributed by atoms with Gasteiger partial charge >= 0.3 is 0 Å². The molecule has 3 aliphatic rings. The van der Waals surface area contributed by atoms with E-state index in [-0.39, 0.29) is 35.5 Å². The smallest absolute Gasteiger partial charge is 0.271 e. The van der Waals surface area contributed by atoms with Crippen molar-refractivity contribution in [2.24, 2.45) is 11.3 Å². The lowest BCUT2D eigenvalue weighted by molar-refractivity contribution is -0.128. The monoisotopic (exact) mass is 539 g/mol. The maximum Gasteiger partial charge on any atom is 0.271 e. The Morgan fingerprint density at radius 3 is 2.79 bits per heavy atom. The van der Waals surface area contributed by atoms with E-state index in [1.807, 2.05) is 0 Å². The molecule has 2 saturated heterocycles. The number of ether oxygens (including phenoxy) is 1. The minimum absolute atomic E-state index is 0.0718. The number of carbonyl (C=O) groups is 3. The second kappa shape index (κ2) is 10.9. The fraction of sp³-hybridized carbons (Fsp3) is 0.571. The number of amides is 3. The Morgan fingerprint density at radius 2 is 2.08 bits per heavy atom. The van der Waals surface area contributed by atoms with Crippen LogP contribution in [-0.2, 0) is 9.59 Å². The van der Waals surface area contributed by atoms with Crippen LogP contribution in [0.2, 0.25) is 5.02 Å². The summed E-state index contributed by atoms with van der Waals surface area (Å²) in [6, 6.07) is 5.86. The first-order chi connectivity index (χ1) is 18.3. The van der Waals surface area contributed by atoms with Crippen molar-refractivity contribution in [1.82, 2.24) is 20.5 Å². The van der Waals surface area contributed by atoms with E-state index in [1.165, 1.54) is 0 Å². The number of aromatic amines is 1. The Morgan fingerprint density at radius 1 is 1.29 bits per heavy atom. The van der Waals surface area contributed by atoms with Crippen LogP contribution in [0.1, 0.15) is 68.3 Å². The summed E-state index contributed by atoms with van der Waals surface area (Å²) in [5.41, 5.74) is 0.841. The minimum Gasteiger partial charge on any atom is -0.496 e. The third-order valence-corrected chi connectivity index (χ3v) is 8.85. The zero-order chi connectivity index (χ0) is 26.9. The number of likely N-dealkylation sites (tertiary alicyclic amines) is 1. The summed E-state index contributed by atoms with van der Waals surface area (Å²) >= 11 is 6.39. The zero-order valence-electron chi connectivity index (χ0n) is 21.6. The summed E-state index contributed by atoms with van der Waals surface area (Å²) in [5, 5.41) is 16.7. The van der Waals surface area contributed by atoms with Gasteiger partial charge in [-0.1, -0.05) is 30.9 Å². The Bertz CT molecular complexity index is 1280. The number of hydrogen-bond donors (Lipinski definition) is 3. The first-order valence-electron chi connectivity index (χ1n) is 13.5. The average molecular weight is 540 g/mol. The van der Waals surface area contributed by atoms with E-state index >= 15 is 0 Å². The molecule has 3 amide bonds. The molecule has 3 N–H and O–H groups in total. The number of benzene rings is 1. The Hall–Kier alpha value is -3.25. The van der Waals surface area contributed by atoms with Crippen molar-refractivity contribution >= 4 is 40.2 Å². The van der Waals surface area contributed by atoms with Crippen LogP contribution in [0.25, 0.3) is 10.9 Å². The molecule has 1 aromatic carbocycles. The lowest BCUT2D eigenvalue weighted by Crippen LogP contribution is -2.49. The normalized spacial score (nSPS) is 23.6. The van der Waals surface area contributed by atoms with Gasteiger partial charge in [0.15, 0.2) is 0 Å². The summed E-state index contributed by atoms with van der Waals surface area (Å²) in [4.78, 5) is 44.6. The molecule has 0 bridgehead atoms. The molecule has 9 nitrogen and oxygen atoms in total. The van der Waals surface area contributed by atoms with Crippen LogP contribution in [0, 0.1) is 22.7 Å². The second-order valence-corrected chi connectivity index (χ2v) is 11.4. The molecule has 1 unspecified atom stereocenters. The molecule has 3 heterocycles. The van der Waals surface area contributed by atoms with E-state index < -0.39 is 12.1 Å². The number of nitrogens with zero attached hydrogens (tertiary/aromatic N) is 2. The predicted molar refractivity (Wildman–Crippen MR) is 143 cm³/mol. The summed E-state index contributed by atoms with van der Waals surface area (Å²) in [7, 11) is 1.56. The molecule has 3 fully saturated rings. The highest BCUT2D eigenvalue weighted by molar-refractivity contribution is 6.35. The molecule has 3 atom stereocenters. The van der Waals surface area contributed by atoms with Gasteiger partial charge < -0.3 is 25.3 Å². The molecule has 1 aromatic heterocycles. The number of aromatic nitrogens is 1. The fourth-order valence-corrected chi connectivity index (χ4v) is 6.74. The molecule has 1 saturated carbocycles. The van der Waals surface area contributed by atoms with Gasteiger partial charge in [-0.3, -0.25) is 14.4 Å². The molecule has 38 heavy (non-hydrogen) atoms. The van der Waals surface area contributed by atoms with E-state index in [9.17, 15) is 19.6 Å². The summed E-state index contributed by atoms with van der Waals surface area (Å²) in [6.07, 6.45) is 7.64. The Balaban J connectivity index is 1.39. The van der Waals surface area contributed by atoms with Gasteiger partial charge in [-0.15, -0.1) is 0 Å². The summed E-state index contributed by atoms with van der Waals surface area (Å²) in [5.74, 6) is -0.386. The van der Waals surface area contributed by atoms with Gasteiger partial charge in [0.2, 0.25) is 11.8 Å². The van der Waals surface area contributed by atoms with Crippen LogP contribution in [-0.4, -0.2) is 59.9 Å². The van der Waals surface area contributed by atoms with Gasteiger partial charge in [0, 0.05) is 24.4 Å². The average Bonchev–Trinajstić information content (AvgIpc) is 3.53. The van der Waals surface area contributed by atoms with Crippen molar-refractivity contribution in [3.8, 4) is 11.8 Å². The molecule has 5 rings (SSSR count). The van der Waals surface area contributed by atoms with Crippen molar-refractivity contribution in [3.63, 3.8) is 0 Å². The van der Waals surface area contributed by atoms with E-state index in [0.717, 1.165) is 38.5 Å². The van der Waals surface area contributed by atoms with Gasteiger partial charge in [0.1, 0.15) is 23.5 Å². The Labute approximate surface area is 227 Å². The molecule has 10 heteroatoms. The highest BCUT2D eigenvalue weighted by atomic mass is 35.5. The molecule has 2 aliphatic heterocycles. The van der Waals surface area contributed by atoms with Gasteiger partial charge in [-0.25, -0.2) is 0 Å². The lowest BCUT2D eigenvalue weighted by Gasteiger charge is -2.32. The number of piperidine rings is 1. The molecule has 202 valence electrons. The quantitative estimate of drug-likeness (QED) is 0.512. The maximum atomic E-state index is 13.9. The zero-order valence-corrected chi connectivity index (χ0v) is 22.4. The number of hydrogen-bond acceptors (Lipinski definition) is 5. The number of halogens is 1. The molecule has 0 radical (unpaired) electrons. The SMILES string of the molecule is COc1ccc(Cl)c2[nH]c(C(=O)N3CC4(CCCCC4)CC3C(=O)N[C@H](C#N)C[C@@H]3CCCNC3=O)cc12. The van der Waals surface area contributed by atoms with Crippen LogP contribution in [0.4, 0.5) is 0 Å². The molecule has 1 aliphatic carbocycles. The number of methoxy groups -OCH3 is 1. The number of carbonyl (C=O) groups excluding carboxylic acids is 3. The molecular formula is C28H34ClN5O4.